The minimum absolute atomic E-state index is 0.0735. The number of thioether (sulfide) groups is 1. The van der Waals surface area contributed by atoms with Crippen LogP contribution in [0.3, 0.4) is 0 Å². The number of carbonyl (C=O) groups excluding carboxylic acids is 2. The van der Waals surface area contributed by atoms with Gasteiger partial charge in [-0.1, -0.05) is 42.1 Å². The third-order valence-corrected chi connectivity index (χ3v) is 6.06. The third kappa shape index (κ3) is 5.75. The molecule has 0 saturated heterocycles. The summed E-state index contributed by atoms with van der Waals surface area (Å²) in [5.41, 5.74) is 6.31. The molecule has 2 amide bonds. The Morgan fingerprint density at radius 3 is 2.65 bits per heavy atom. The molecule has 31 heavy (non-hydrogen) atoms. The molecular formula is C22H25N5O3S. The molecule has 2 aromatic heterocycles. The largest absolute Gasteiger partial charge is 0.467 e. The number of hydrogen-bond donors (Lipinski definition) is 1. The number of amides is 2. The van der Waals surface area contributed by atoms with Crippen LogP contribution in [0.4, 0.5) is 0 Å². The lowest BCUT2D eigenvalue weighted by atomic mass is 10.2. The van der Waals surface area contributed by atoms with Crippen LogP contribution < -0.4 is 5.73 Å². The molecule has 2 heterocycles. The topological polar surface area (TPSA) is 107 Å². The molecule has 0 atom stereocenters. The number of rotatable bonds is 11. The van der Waals surface area contributed by atoms with E-state index in [0.29, 0.717) is 24.2 Å². The van der Waals surface area contributed by atoms with Gasteiger partial charge in [-0.3, -0.25) is 14.2 Å². The fourth-order valence-corrected chi connectivity index (χ4v) is 4.16. The predicted octanol–water partition coefficient (Wildman–Crippen LogP) is 2.79. The Labute approximate surface area is 184 Å². The van der Waals surface area contributed by atoms with Gasteiger partial charge in [0.25, 0.3) is 0 Å². The van der Waals surface area contributed by atoms with E-state index in [1.165, 1.54) is 11.8 Å². The molecular weight excluding hydrogens is 414 g/mol. The first-order valence-corrected chi connectivity index (χ1v) is 11.3. The van der Waals surface area contributed by atoms with Crippen molar-refractivity contribution in [3.8, 4) is 0 Å². The maximum atomic E-state index is 13.0. The molecule has 0 bridgehead atoms. The van der Waals surface area contributed by atoms with Gasteiger partial charge in [0, 0.05) is 25.4 Å². The number of primary amides is 1. The van der Waals surface area contributed by atoms with E-state index in [1.807, 2.05) is 47.0 Å². The van der Waals surface area contributed by atoms with Crippen LogP contribution >= 0.6 is 11.8 Å². The zero-order valence-electron chi connectivity index (χ0n) is 17.1. The van der Waals surface area contributed by atoms with Crippen molar-refractivity contribution in [3.63, 3.8) is 0 Å². The lowest BCUT2D eigenvalue weighted by molar-refractivity contribution is -0.129. The molecule has 0 radical (unpaired) electrons. The standard InChI is InChI=1S/C22H25N5O3S/c23-19(28)10-11-26(13-16-5-2-1-3-6-16)20(29)15-31-22-25-24-21(17-8-9-17)27(22)14-18-7-4-12-30-18/h1-7,12,17H,8-11,13-15H2,(H2,23,28). The van der Waals surface area contributed by atoms with Gasteiger partial charge in [-0.05, 0) is 30.5 Å². The molecule has 4 rings (SSSR count). The summed E-state index contributed by atoms with van der Waals surface area (Å²) >= 11 is 1.36. The lowest BCUT2D eigenvalue weighted by Crippen LogP contribution is -2.34. The Bertz CT molecular complexity index is 1020. The number of benzene rings is 1. The summed E-state index contributed by atoms with van der Waals surface area (Å²) in [5.74, 6) is 1.90. The van der Waals surface area contributed by atoms with E-state index >= 15 is 0 Å². The molecule has 1 aromatic carbocycles. The summed E-state index contributed by atoms with van der Waals surface area (Å²) in [6.45, 7) is 1.26. The molecule has 9 heteroatoms. The Morgan fingerprint density at radius 1 is 1.16 bits per heavy atom. The monoisotopic (exact) mass is 439 g/mol. The van der Waals surface area contributed by atoms with Gasteiger partial charge in [0.1, 0.15) is 11.6 Å². The van der Waals surface area contributed by atoms with E-state index in [-0.39, 0.29) is 24.6 Å². The Hall–Kier alpha value is -3.07. The maximum absolute atomic E-state index is 13.0. The molecule has 0 spiro atoms. The van der Waals surface area contributed by atoms with Gasteiger partial charge < -0.3 is 15.1 Å². The summed E-state index contributed by atoms with van der Waals surface area (Å²) in [6.07, 6.45) is 3.99. The molecule has 8 nitrogen and oxygen atoms in total. The molecule has 1 aliphatic rings. The summed E-state index contributed by atoms with van der Waals surface area (Å²) in [6, 6.07) is 13.5. The van der Waals surface area contributed by atoms with Gasteiger partial charge in [-0.25, -0.2) is 0 Å². The number of nitrogens with zero attached hydrogens (tertiary/aromatic N) is 4. The zero-order valence-corrected chi connectivity index (χ0v) is 18.0. The SMILES string of the molecule is NC(=O)CCN(Cc1ccccc1)C(=O)CSc1nnc(C2CC2)n1Cc1ccco1. The lowest BCUT2D eigenvalue weighted by Gasteiger charge is -2.22. The third-order valence-electron chi connectivity index (χ3n) is 5.10. The van der Waals surface area contributed by atoms with E-state index in [4.69, 9.17) is 10.2 Å². The van der Waals surface area contributed by atoms with Gasteiger partial charge in [-0.15, -0.1) is 10.2 Å². The molecule has 0 aliphatic heterocycles. The first-order valence-electron chi connectivity index (χ1n) is 10.3. The quantitative estimate of drug-likeness (QED) is 0.460. The van der Waals surface area contributed by atoms with Crippen molar-refractivity contribution < 1.29 is 14.0 Å². The minimum atomic E-state index is -0.425. The number of carbonyl (C=O) groups is 2. The highest BCUT2D eigenvalue weighted by atomic mass is 32.2. The molecule has 0 unspecified atom stereocenters. The van der Waals surface area contributed by atoms with Gasteiger partial charge in [-0.2, -0.15) is 0 Å². The van der Waals surface area contributed by atoms with E-state index in [9.17, 15) is 9.59 Å². The maximum Gasteiger partial charge on any atom is 0.233 e. The van der Waals surface area contributed by atoms with Crippen LogP contribution in [0.1, 0.15) is 42.3 Å². The van der Waals surface area contributed by atoms with E-state index < -0.39 is 5.91 Å². The summed E-state index contributed by atoms with van der Waals surface area (Å²) in [7, 11) is 0. The van der Waals surface area contributed by atoms with Crippen LogP contribution in [0.25, 0.3) is 0 Å². The molecule has 2 N–H and O–H groups in total. The first kappa shape index (κ1) is 21.2. The molecule has 3 aromatic rings. The van der Waals surface area contributed by atoms with Crippen LogP contribution in [0.15, 0.2) is 58.3 Å². The van der Waals surface area contributed by atoms with Gasteiger partial charge in [0.05, 0.1) is 18.6 Å². The number of nitrogens with two attached hydrogens (primary N) is 1. The number of hydrogen-bond acceptors (Lipinski definition) is 6. The van der Waals surface area contributed by atoms with Crippen LogP contribution in [-0.2, 0) is 22.7 Å². The van der Waals surface area contributed by atoms with Crippen molar-refractivity contribution in [2.45, 2.75) is 43.4 Å². The zero-order chi connectivity index (χ0) is 21.6. The highest BCUT2D eigenvalue weighted by Gasteiger charge is 2.31. The van der Waals surface area contributed by atoms with Crippen molar-refractivity contribution in [1.29, 1.82) is 0 Å². The molecule has 1 saturated carbocycles. The van der Waals surface area contributed by atoms with E-state index in [0.717, 1.165) is 30.0 Å². The van der Waals surface area contributed by atoms with Crippen molar-refractivity contribution in [2.24, 2.45) is 5.73 Å². The van der Waals surface area contributed by atoms with Gasteiger partial charge in [0.15, 0.2) is 5.16 Å². The fourth-order valence-electron chi connectivity index (χ4n) is 3.32. The average Bonchev–Trinajstić information content (AvgIpc) is 3.33. The van der Waals surface area contributed by atoms with Crippen molar-refractivity contribution >= 4 is 23.6 Å². The predicted molar refractivity (Wildman–Crippen MR) is 116 cm³/mol. The van der Waals surface area contributed by atoms with Gasteiger partial charge >= 0.3 is 0 Å². The Morgan fingerprint density at radius 2 is 1.97 bits per heavy atom. The normalized spacial score (nSPS) is 13.3. The second-order valence-corrected chi connectivity index (χ2v) is 8.53. The van der Waals surface area contributed by atoms with Gasteiger partial charge in [0.2, 0.25) is 11.8 Å². The van der Waals surface area contributed by atoms with Crippen LogP contribution in [0, 0.1) is 0 Å². The average molecular weight is 440 g/mol. The summed E-state index contributed by atoms with van der Waals surface area (Å²) in [4.78, 5) is 25.9. The molecule has 1 aliphatic carbocycles. The second-order valence-electron chi connectivity index (χ2n) is 7.59. The van der Waals surface area contributed by atoms with E-state index in [1.54, 1.807) is 11.2 Å². The summed E-state index contributed by atoms with van der Waals surface area (Å²) < 4.78 is 7.54. The highest BCUT2D eigenvalue weighted by Crippen LogP contribution is 2.40. The van der Waals surface area contributed by atoms with Crippen molar-refractivity contribution in [2.75, 3.05) is 12.3 Å². The second kappa shape index (κ2) is 9.82. The van der Waals surface area contributed by atoms with Crippen molar-refractivity contribution in [1.82, 2.24) is 19.7 Å². The highest BCUT2D eigenvalue weighted by molar-refractivity contribution is 7.99. The smallest absolute Gasteiger partial charge is 0.233 e. The minimum Gasteiger partial charge on any atom is -0.467 e. The molecule has 1 fully saturated rings. The molecule has 162 valence electrons. The van der Waals surface area contributed by atoms with Crippen molar-refractivity contribution in [3.05, 3.63) is 65.9 Å². The summed E-state index contributed by atoms with van der Waals surface area (Å²) in [5, 5.41) is 9.41. The Balaban J connectivity index is 1.44. The number of aromatic nitrogens is 3. The van der Waals surface area contributed by atoms with Crippen LogP contribution in [-0.4, -0.2) is 43.8 Å². The van der Waals surface area contributed by atoms with Crippen LogP contribution in [0.5, 0.6) is 0 Å². The number of furan rings is 1. The first-order chi connectivity index (χ1) is 15.1. The fraction of sp³-hybridized carbons (Fsp3) is 0.364. The van der Waals surface area contributed by atoms with Crippen LogP contribution in [0.2, 0.25) is 0 Å². The Kier molecular flexibility index (Phi) is 6.71. The van der Waals surface area contributed by atoms with E-state index in [2.05, 4.69) is 10.2 Å².